The van der Waals surface area contributed by atoms with Gasteiger partial charge in [-0.25, -0.2) is 0 Å². The minimum atomic E-state index is -1.57. The van der Waals surface area contributed by atoms with Gasteiger partial charge in [0, 0.05) is 6.42 Å². The van der Waals surface area contributed by atoms with Gasteiger partial charge in [-0.3, -0.25) is 4.79 Å². The van der Waals surface area contributed by atoms with Crippen molar-refractivity contribution in [3.63, 3.8) is 0 Å². The van der Waals surface area contributed by atoms with Crippen molar-refractivity contribution in [2.75, 3.05) is 13.2 Å². The monoisotopic (exact) mass is 998 g/mol. The third-order valence-corrected chi connectivity index (χ3v) is 13.8. The van der Waals surface area contributed by atoms with Crippen LogP contribution in [0.15, 0.2) is 72.9 Å². The second kappa shape index (κ2) is 51.1. The first-order valence-corrected chi connectivity index (χ1v) is 29.7. The summed E-state index contributed by atoms with van der Waals surface area (Å²) in [5.41, 5.74) is 0. The van der Waals surface area contributed by atoms with E-state index in [4.69, 9.17) is 9.47 Å². The van der Waals surface area contributed by atoms with E-state index in [1.54, 1.807) is 6.08 Å². The molecule has 0 spiro atoms. The van der Waals surface area contributed by atoms with Crippen molar-refractivity contribution in [2.45, 2.75) is 301 Å². The molecule has 9 heteroatoms. The van der Waals surface area contributed by atoms with Crippen LogP contribution in [-0.2, 0) is 14.3 Å². The van der Waals surface area contributed by atoms with Crippen molar-refractivity contribution < 1.29 is 39.8 Å². The lowest BCUT2D eigenvalue weighted by Crippen LogP contribution is -2.60. The third kappa shape index (κ3) is 40.7. The highest BCUT2D eigenvalue weighted by Gasteiger charge is 2.44. The van der Waals surface area contributed by atoms with Crippen molar-refractivity contribution in [2.24, 2.45) is 0 Å². The standard InChI is InChI=1S/C62H111NO8/c1-3-5-7-9-11-13-14-15-16-17-18-19-20-21-22-23-24-25-26-27-28-29-30-31-32-33-34-35-36-37-38-39-40-41-42-44-46-48-50-52-58(66)63-55(56(65)51-49-47-45-43-12-10-8-6-4-2)54-70-62-61(69)60(68)59(67)57(53-64)71-62/h5,7,11-13,15-16,18-19,43,49,51,55-57,59-62,64-65,67-69H,3-4,6,8-10,14,17,20-42,44-48,50,52-54H2,1-2H3,(H,63,66)/b7-5-,13-11-,16-15-,19-18-,43-12+,51-49+. The average molecular weight is 999 g/mol. The lowest BCUT2D eigenvalue weighted by Gasteiger charge is -2.40. The lowest BCUT2D eigenvalue weighted by atomic mass is 9.99. The van der Waals surface area contributed by atoms with Crippen molar-refractivity contribution in [3.05, 3.63) is 72.9 Å². The Bertz CT molecular complexity index is 1340. The molecular weight excluding hydrogens is 887 g/mol. The number of nitrogens with one attached hydrogen (secondary N) is 1. The number of ether oxygens (including phenoxy) is 2. The van der Waals surface area contributed by atoms with Gasteiger partial charge < -0.3 is 40.3 Å². The van der Waals surface area contributed by atoms with E-state index < -0.39 is 49.5 Å². The summed E-state index contributed by atoms with van der Waals surface area (Å²) in [5, 5.41) is 54.2. The molecule has 0 aromatic rings. The van der Waals surface area contributed by atoms with E-state index in [0.717, 1.165) is 64.2 Å². The van der Waals surface area contributed by atoms with Gasteiger partial charge >= 0.3 is 0 Å². The molecule has 1 heterocycles. The Kier molecular flexibility index (Phi) is 48.0. The minimum absolute atomic E-state index is 0.187. The van der Waals surface area contributed by atoms with Crippen LogP contribution in [0, 0.1) is 0 Å². The maximum absolute atomic E-state index is 13.0. The predicted molar refractivity (Wildman–Crippen MR) is 299 cm³/mol. The second-order valence-corrected chi connectivity index (χ2v) is 20.4. The van der Waals surface area contributed by atoms with E-state index in [0.29, 0.717) is 6.42 Å². The van der Waals surface area contributed by atoms with E-state index in [9.17, 15) is 30.3 Å². The molecule has 9 nitrogen and oxygen atoms in total. The number of carbonyl (C=O) groups is 1. The molecule has 1 amide bonds. The molecule has 1 fully saturated rings. The predicted octanol–water partition coefficient (Wildman–Crippen LogP) is 14.8. The van der Waals surface area contributed by atoms with Crippen LogP contribution < -0.4 is 5.32 Å². The molecule has 1 aliphatic rings. The first kappa shape index (κ1) is 66.6. The molecule has 1 saturated heterocycles. The highest BCUT2D eigenvalue weighted by atomic mass is 16.7. The maximum Gasteiger partial charge on any atom is 0.220 e. The van der Waals surface area contributed by atoms with Gasteiger partial charge in [0.1, 0.15) is 24.4 Å². The molecule has 0 bridgehead atoms. The molecule has 0 saturated carbocycles. The van der Waals surface area contributed by atoms with Crippen LogP contribution in [0.25, 0.3) is 0 Å². The zero-order valence-corrected chi connectivity index (χ0v) is 45.7. The fraction of sp³-hybridized carbons (Fsp3) is 0.790. The molecule has 71 heavy (non-hydrogen) atoms. The van der Waals surface area contributed by atoms with Gasteiger partial charge in [0.15, 0.2) is 6.29 Å². The molecule has 412 valence electrons. The Balaban J connectivity index is 2.00. The van der Waals surface area contributed by atoms with Gasteiger partial charge in [0.2, 0.25) is 5.91 Å². The Hall–Kier alpha value is -2.37. The molecule has 7 atom stereocenters. The highest BCUT2D eigenvalue weighted by Crippen LogP contribution is 2.23. The zero-order chi connectivity index (χ0) is 51.5. The van der Waals surface area contributed by atoms with Crippen LogP contribution in [0.4, 0.5) is 0 Å². The highest BCUT2D eigenvalue weighted by molar-refractivity contribution is 5.76. The molecule has 6 N–H and O–H groups in total. The van der Waals surface area contributed by atoms with E-state index in [1.807, 2.05) is 6.08 Å². The molecule has 7 unspecified atom stereocenters. The van der Waals surface area contributed by atoms with E-state index in [2.05, 4.69) is 79.9 Å². The van der Waals surface area contributed by atoms with Gasteiger partial charge in [-0.05, 0) is 70.6 Å². The van der Waals surface area contributed by atoms with Gasteiger partial charge in [0.25, 0.3) is 0 Å². The summed E-state index contributed by atoms with van der Waals surface area (Å²) in [6, 6.07) is -0.819. The number of carbonyl (C=O) groups excluding carboxylic acids is 1. The van der Waals surface area contributed by atoms with Crippen LogP contribution in [-0.4, -0.2) is 87.5 Å². The average Bonchev–Trinajstić information content (AvgIpc) is 3.37. The fourth-order valence-corrected chi connectivity index (χ4v) is 9.11. The first-order chi connectivity index (χ1) is 34.8. The van der Waals surface area contributed by atoms with Crippen LogP contribution in [0.5, 0.6) is 0 Å². The number of hydrogen-bond donors (Lipinski definition) is 6. The summed E-state index contributed by atoms with van der Waals surface area (Å²) < 4.78 is 11.2. The van der Waals surface area contributed by atoms with E-state index in [1.165, 1.54) is 173 Å². The van der Waals surface area contributed by atoms with Gasteiger partial charge in [-0.2, -0.15) is 0 Å². The van der Waals surface area contributed by atoms with Gasteiger partial charge in [-0.1, -0.05) is 254 Å². The second-order valence-electron chi connectivity index (χ2n) is 20.4. The van der Waals surface area contributed by atoms with Crippen LogP contribution in [0.1, 0.15) is 258 Å². The first-order valence-electron chi connectivity index (χ1n) is 29.7. The summed E-state index contributed by atoms with van der Waals surface area (Å²) in [6.07, 6.45) is 64.6. The van der Waals surface area contributed by atoms with Crippen LogP contribution in [0.3, 0.4) is 0 Å². The number of allylic oxidation sites excluding steroid dienone is 11. The molecule has 0 aliphatic carbocycles. The summed E-state index contributed by atoms with van der Waals surface area (Å²) in [4.78, 5) is 13.0. The molecule has 1 rings (SSSR count). The third-order valence-electron chi connectivity index (χ3n) is 13.8. The summed E-state index contributed by atoms with van der Waals surface area (Å²) >= 11 is 0. The summed E-state index contributed by atoms with van der Waals surface area (Å²) in [6.45, 7) is 3.60. The van der Waals surface area contributed by atoms with E-state index >= 15 is 0 Å². The van der Waals surface area contributed by atoms with Crippen molar-refractivity contribution in [3.8, 4) is 0 Å². The Morgan fingerprint density at radius 2 is 0.887 bits per heavy atom. The van der Waals surface area contributed by atoms with Crippen molar-refractivity contribution in [1.29, 1.82) is 0 Å². The molecule has 1 aliphatic heterocycles. The van der Waals surface area contributed by atoms with Crippen LogP contribution in [0.2, 0.25) is 0 Å². The minimum Gasteiger partial charge on any atom is -0.394 e. The molecule has 0 radical (unpaired) electrons. The smallest absolute Gasteiger partial charge is 0.220 e. The maximum atomic E-state index is 13.0. The van der Waals surface area contributed by atoms with E-state index in [-0.39, 0.29) is 12.5 Å². The summed E-state index contributed by atoms with van der Waals surface area (Å²) in [5.74, 6) is -0.187. The Morgan fingerprint density at radius 3 is 1.35 bits per heavy atom. The number of amides is 1. The number of aliphatic hydroxyl groups excluding tert-OH is 5. The van der Waals surface area contributed by atoms with Crippen molar-refractivity contribution in [1.82, 2.24) is 5.32 Å². The number of hydrogen-bond acceptors (Lipinski definition) is 8. The SMILES string of the molecule is CC/C=C\C/C=C\C/C=C\C/C=C\CCCCCCCCCCCCCCCCCCCCCCCCCCCCC(=O)NC(COC1OC(CO)C(O)C(O)C1O)C(O)/C=C/CC/C=C/CCCCC. The summed E-state index contributed by atoms with van der Waals surface area (Å²) in [7, 11) is 0. The largest absolute Gasteiger partial charge is 0.394 e. The zero-order valence-electron chi connectivity index (χ0n) is 45.7. The quantitative estimate of drug-likeness (QED) is 0.0261. The molecular formula is C62H111NO8. The number of rotatable bonds is 50. The molecule has 0 aromatic heterocycles. The van der Waals surface area contributed by atoms with Gasteiger partial charge in [-0.15, -0.1) is 0 Å². The number of unbranched alkanes of at least 4 members (excludes halogenated alkanes) is 30. The van der Waals surface area contributed by atoms with Crippen molar-refractivity contribution >= 4 is 5.91 Å². The molecule has 0 aromatic carbocycles. The normalized spacial score (nSPS) is 19.8. The number of aliphatic hydroxyl groups is 5. The van der Waals surface area contributed by atoms with Gasteiger partial charge in [0.05, 0.1) is 25.4 Å². The Labute approximate surface area is 436 Å². The van der Waals surface area contributed by atoms with Crippen LogP contribution >= 0.6 is 0 Å². The lowest BCUT2D eigenvalue weighted by molar-refractivity contribution is -0.302. The Morgan fingerprint density at radius 1 is 0.493 bits per heavy atom. The fourth-order valence-electron chi connectivity index (χ4n) is 9.11. The topological polar surface area (TPSA) is 149 Å².